The first kappa shape index (κ1) is 11.6. The van der Waals surface area contributed by atoms with Gasteiger partial charge in [0.1, 0.15) is 5.82 Å². The highest BCUT2D eigenvalue weighted by molar-refractivity contribution is 7.89. The second-order valence-electron chi connectivity index (χ2n) is 3.87. The normalized spacial score (nSPS) is 23.5. The topological polar surface area (TPSA) is 75.3 Å². The lowest BCUT2D eigenvalue weighted by molar-refractivity contribution is 0.0391. The molecule has 1 saturated heterocycles. The maximum absolute atomic E-state index is 12.2. The number of aromatic amines is 1. The Hall–Kier alpha value is -0.920. The highest BCUT2D eigenvalue weighted by Gasteiger charge is 2.32. The number of hydrogen-bond acceptors (Lipinski definition) is 4. The van der Waals surface area contributed by atoms with Gasteiger partial charge in [-0.2, -0.15) is 4.31 Å². The van der Waals surface area contributed by atoms with Crippen LogP contribution in [0.1, 0.15) is 12.7 Å². The molecule has 90 valence electrons. The van der Waals surface area contributed by atoms with E-state index in [2.05, 4.69) is 9.97 Å². The molecule has 1 fully saturated rings. The lowest BCUT2D eigenvalue weighted by Gasteiger charge is -2.31. The van der Waals surface area contributed by atoms with Crippen LogP contribution in [-0.4, -0.2) is 48.5 Å². The van der Waals surface area contributed by atoms with Gasteiger partial charge in [-0.05, 0) is 13.8 Å². The largest absolute Gasteiger partial charge is 0.378 e. The minimum atomic E-state index is -3.46. The highest BCUT2D eigenvalue weighted by atomic mass is 32.2. The summed E-state index contributed by atoms with van der Waals surface area (Å²) in [4.78, 5) is 6.66. The van der Waals surface area contributed by atoms with E-state index < -0.39 is 10.0 Å². The van der Waals surface area contributed by atoms with Crippen LogP contribution in [0.5, 0.6) is 0 Å². The zero-order valence-electron chi connectivity index (χ0n) is 9.30. The van der Waals surface area contributed by atoms with E-state index in [9.17, 15) is 8.42 Å². The van der Waals surface area contributed by atoms with Gasteiger partial charge in [0, 0.05) is 12.6 Å². The van der Waals surface area contributed by atoms with Crippen molar-refractivity contribution < 1.29 is 13.2 Å². The monoisotopic (exact) mass is 245 g/mol. The van der Waals surface area contributed by atoms with E-state index in [0.29, 0.717) is 25.6 Å². The van der Waals surface area contributed by atoms with Gasteiger partial charge in [0.2, 0.25) is 0 Å². The molecule has 2 rings (SSSR count). The molecule has 16 heavy (non-hydrogen) atoms. The molecule has 1 aromatic heterocycles. The Labute approximate surface area is 94.7 Å². The van der Waals surface area contributed by atoms with Crippen molar-refractivity contribution in [3.05, 3.63) is 12.0 Å². The Morgan fingerprint density at radius 1 is 1.62 bits per heavy atom. The molecule has 0 saturated carbocycles. The summed E-state index contributed by atoms with van der Waals surface area (Å²) in [5.41, 5.74) is 0. The molecule has 0 unspecified atom stereocenters. The molecule has 6 nitrogen and oxygen atoms in total. The second kappa shape index (κ2) is 4.15. The summed E-state index contributed by atoms with van der Waals surface area (Å²) in [7, 11) is -3.46. The second-order valence-corrected chi connectivity index (χ2v) is 5.73. The molecule has 1 aliphatic rings. The average Bonchev–Trinajstić information content (AvgIpc) is 2.66. The third kappa shape index (κ3) is 1.98. The van der Waals surface area contributed by atoms with E-state index in [1.54, 1.807) is 6.92 Å². The lowest BCUT2D eigenvalue weighted by atomic mass is 10.3. The Balaban J connectivity index is 2.31. The summed E-state index contributed by atoms with van der Waals surface area (Å²) < 4.78 is 31.1. The number of nitrogens with zero attached hydrogens (tertiary/aromatic N) is 2. The Morgan fingerprint density at radius 3 is 2.94 bits per heavy atom. The Bertz CT molecular complexity index is 468. The van der Waals surface area contributed by atoms with E-state index in [-0.39, 0.29) is 11.1 Å². The first-order valence-corrected chi connectivity index (χ1v) is 6.57. The SMILES string of the molecule is Cc1ncc(S(=O)(=O)N2CCOC[C@H]2C)[nH]1. The van der Waals surface area contributed by atoms with E-state index in [0.717, 1.165) is 0 Å². The summed E-state index contributed by atoms with van der Waals surface area (Å²) in [5.74, 6) is 0.597. The van der Waals surface area contributed by atoms with Crippen molar-refractivity contribution in [3.8, 4) is 0 Å². The predicted octanol–water partition coefficient (Wildman–Crippen LogP) is 0.128. The third-order valence-electron chi connectivity index (χ3n) is 2.57. The summed E-state index contributed by atoms with van der Waals surface area (Å²) in [6, 6.07) is -0.137. The molecular formula is C9H15N3O3S. The van der Waals surface area contributed by atoms with Crippen molar-refractivity contribution in [2.75, 3.05) is 19.8 Å². The van der Waals surface area contributed by atoms with Gasteiger partial charge in [0.05, 0.1) is 19.4 Å². The first-order chi connectivity index (χ1) is 7.51. The van der Waals surface area contributed by atoms with E-state index >= 15 is 0 Å². The van der Waals surface area contributed by atoms with Crippen LogP contribution in [0.2, 0.25) is 0 Å². The number of aryl methyl sites for hydroxylation is 1. The van der Waals surface area contributed by atoms with Crippen molar-refractivity contribution in [1.82, 2.24) is 14.3 Å². The number of sulfonamides is 1. The van der Waals surface area contributed by atoms with Gasteiger partial charge >= 0.3 is 0 Å². The zero-order valence-corrected chi connectivity index (χ0v) is 10.1. The molecule has 7 heteroatoms. The molecule has 1 aliphatic heterocycles. The molecule has 1 N–H and O–H groups in total. The van der Waals surface area contributed by atoms with E-state index in [1.165, 1.54) is 10.5 Å². The molecule has 0 aromatic carbocycles. The predicted molar refractivity (Wildman–Crippen MR) is 57.5 cm³/mol. The van der Waals surface area contributed by atoms with Crippen LogP contribution in [-0.2, 0) is 14.8 Å². The fraction of sp³-hybridized carbons (Fsp3) is 0.667. The smallest absolute Gasteiger partial charge is 0.260 e. The molecule has 0 amide bonds. The summed E-state index contributed by atoms with van der Waals surface area (Å²) in [6.45, 7) is 4.83. The van der Waals surface area contributed by atoms with Crippen molar-refractivity contribution >= 4 is 10.0 Å². The number of morpholine rings is 1. The number of H-pyrrole nitrogens is 1. The number of imidazole rings is 1. The van der Waals surface area contributed by atoms with Crippen LogP contribution in [0, 0.1) is 6.92 Å². The molecular weight excluding hydrogens is 230 g/mol. The minimum Gasteiger partial charge on any atom is -0.378 e. The van der Waals surface area contributed by atoms with Crippen LogP contribution in [0.4, 0.5) is 0 Å². The highest BCUT2D eigenvalue weighted by Crippen LogP contribution is 2.18. The number of aromatic nitrogens is 2. The number of ether oxygens (including phenoxy) is 1. The minimum absolute atomic E-state index is 0.137. The van der Waals surface area contributed by atoms with Crippen LogP contribution in [0.3, 0.4) is 0 Å². The summed E-state index contributed by atoms with van der Waals surface area (Å²) >= 11 is 0. The molecule has 0 bridgehead atoms. The van der Waals surface area contributed by atoms with Gasteiger partial charge in [-0.1, -0.05) is 0 Å². The molecule has 0 radical (unpaired) electrons. The van der Waals surface area contributed by atoms with Crippen LogP contribution in [0.25, 0.3) is 0 Å². The van der Waals surface area contributed by atoms with Gasteiger partial charge < -0.3 is 9.72 Å². The quantitative estimate of drug-likeness (QED) is 0.803. The van der Waals surface area contributed by atoms with Crippen LogP contribution < -0.4 is 0 Å². The summed E-state index contributed by atoms with van der Waals surface area (Å²) in [5, 5.41) is 0.152. The molecule has 1 aromatic rings. The van der Waals surface area contributed by atoms with E-state index in [1.807, 2.05) is 6.92 Å². The van der Waals surface area contributed by atoms with Gasteiger partial charge in [-0.25, -0.2) is 13.4 Å². The fourth-order valence-electron chi connectivity index (χ4n) is 1.72. The van der Waals surface area contributed by atoms with Crippen molar-refractivity contribution in [2.45, 2.75) is 24.9 Å². The first-order valence-electron chi connectivity index (χ1n) is 5.13. The average molecular weight is 245 g/mol. The number of hydrogen-bond donors (Lipinski definition) is 1. The van der Waals surface area contributed by atoms with Gasteiger partial charge in [0.25, 0.3) is 10.0 Å². The fourth-order valence-corrected chi connectivity index (χ4v) is 3.29. The molecule has 0 aliphatic carbocycles. The van der Waals surface area contributed by atoms with Gasteiger partial charge in [0.15, 0.2) is 5.03 Å². The van der Waals surface area contributed by atoms with Gasteiger partial charge in [-0.15, -0.1) is 0 Å². The lowest BCUT2D eigenvalue weighted by Crippen LogP contribution is -2.47. The molecule has 2 heterocycles. The standard InChI is InChI=1S/C9H15N3O3S/c1-7-6-15-4-3-12(7)16(13,14)9-5-10-8(2)11-9/h5,7H,3-4,6H2,1-2H3,(H,10,11)/t7-/m1/s1. The van der Waals surface area contributed by atoms with Crippen molar-refractivity contribution in [1.29, 1.82) is 0 Å². The summed E-state index contributed by atoms with van der Waals surface area (Å²) in [6.07, 6.45) is 1.35. The maximum atomic E-state index is 12.2. The van der Waals surface area contributed by atoms with Gasteiger partial charge in [-0.3, -0.25) is 0 Å². The number of nitrogens with one attached hydrogen (secondary N) is 1. The van der Waals surface area contributed by atoms with Crippen LogP contribution >= 0.6 is 0 Å². The van der Waals surface area contributed by atoms with E-state index in [4.69, 9.17) is 4.74 Å². The third-order valence-corrected chi connectivity index (χ3v) is 4.50. The van der Waals surface area contributed by atoms with Crippen molar-refractivity contribution in [3.63, 3.8) is 0 Å². The maximum Gasteiger partial charge on any atom is 0.260 e. The molecule has 0 spiro atoms. The number of rotatable bonds is 2. The van der Waals surface area contributed by atoms with Crippen molar-refractivity contribution in [2.24, 2.45) is 0 Å². The Kier molecular flexibility index (Phi) is 3.00. The van der Waals surface area contributed by atoms with Crippen LogP contribution in [0.15, 0.2) is 11.2 Å². The zero-order chi connectivity index (χ0) is 11.8. The Morgan fingerprint density at radius 2 is 2.38 bits per heavy atom. The molecule has 1 atom stereocenters.